The van der Waals surface area contributed by atoms with Crippen LogP contribution in [0.5, 0.6) is 0 Å². The summed E-state index contributed by atoms with van der Waals surface area (Å²) in [4.78, 5) is 24.8. The lowest BCUT2D eigenvalue weighted by atomic mass is 10.1. The molecule has 6 nitrogen and oxygen atoms in total. The first-order valence-electron chi connectivity index (χ1n) is 10.0. The minimum absolute atomic E-state index is 0.206. The average Bonchev–Trinajstić information content (AvgIpc) is 3.23. The number of aromatic nitrogens is 2. The largest absolute Gasteiger partial charge is 0.348 e. The maximum absolute atomic E-state index is 13.3. The van der Waals surface area contributed by atoms with Gasteiger partial charge >= 0.3 is 0 Å². The van der Waals surface area contributed by atoms with Gasteiger partial charge < -0.3 is 10.6 Å². The van der Waals surface area contributed by atoms with Crippen molar-refractivity contribution in [3.05, 3.63) is 113 Å². The summed E-state index contributed by atoms with van der Waals surface area (Å²) in [5.74, 6) is -1.08. The van der Waals surface area contributed by atoms with Gasteiger partial charge in [0.25, 0.3) is 11.8 Å². The summed E-state index contributed by atoms with van der Waals surface area (Å²) < 4.78 is 15.1. The third-order valence-electron chi connectivity index (χ3n) is 4.93. The van der Waals surface area contributed by atoms with Crippen LogP contribution < -0.4 is 10.6 Å². The highest BCUT2D eigenvalue weighted by atomic mass is 19.1. The van der Waals surface area contributed by atoms with E-state index >= 15 is 0 Å². The summed E-state index contributed by atoms with van der Waals surface area (Å²) in [5, 5.41) is 9.88. The number of hydrogen-bond donors (Lipinski definition) is 2. The highest BCUT2D eigenvalue weighted by molar-refractivity contribution is 6.04. The van der Waals surface area contributed by atoms with Gasteiger partial charge in [-0.3, -0.25) is 9.59 Å². The van der Waals surface area contributed by atoms with Gasteiger partial charge in [-0.05, 0) is 73.2 Å². The summed E-state index contributed by atoms with van der Waals surface area (Å²) >= 11 is 0. The summed E-state index contributed by atoms with van der Waals surface area (Å²) in [5.41, 5.74) is 4.04. The van der Waals surface area contributed by atoms with E-state index in [0.717, 1.165) is 16.9 Å². The van der Waals surface area contributed by atoms with Crippen molar-refractivity contribution in [1.29, 1.82) is 0 Å². The molecule has 0 spiro atoms. The molecular weight excluding hydrogens is 407 g/mol. The molecule has 0 radical (unpaired) electrons. The first-order valence-corrected chi connectivity index (χ1v) is 10.0. The Morgan fingerprint density at radius 3 is 2.41 bits per heavy atom. The van der Waals surface area contributed by atoms with Gasteiger partial charge in [0.1, 0.15) is 5.82 Å². The third kappa shape index (κ3) is 4.89. The van der Waals surface area contributed by atoms with Crippen LogP contribution in [0.3, 0.4) is 0 Å². The number of anilines is 1. The van der Waals surface area contributed by atoms with Crippen LogP contribution in [0.4, 0.5) is 10.1 Å². The predicted molar refractivity (Wildman–Crippen MR) is 120 cm³/mol. The zero-order valence-electron chi connectivity index (χ0n) is 17.4. The lowest BCUT2D eigenvalue weighted by Gasteiger charge is -2.10. The Morgan fingerprint density at radius 2 is 1.69 bits per heavy atom. The standard InChI is InChI=1S/C25H21FN4O2/c1-17-12-13-28-30(17)23-10-8-19(9-11-23)24(31)27-16-18-4-2-7-22(14-18)29-25(32)20-5-3-6-21(26)15-20/h2-15H,16H2,1H3,(H,27,31)(H,29,32). The minimum Gasteiger partial charge on any atom is -0.348 e. The van der Waals surface area contributed by atoms with E-state index in [1.165, 1.54) is 18.2 Å². The molecule has 0 unspecified atom stereocenters. The van der Waals surface area contributed by atoms with Crippen molar-refractivity contribution < 1.29 is 14.0 Å². The van der Waals surface area contributed by atoms with Crippen molar-refractivity contribution >= 4 is 17.5 Å². The van der Waals surface area contributed by atoms with E-state index in [-0.39, 0.29) is 11.5 Å². The van der Waals surface area contributed by atoms with Crippen molar-refractivity contribution in [1.82, 2.24) is 15.1 Å². The Balaban J connectivity index is 1.37. The average molecular weight is 428 g/mol. The van der Waals surface area contributed by atoms with Crippen LogP contribution in [0.25, 0.3) is 5.69 Å². The molecule has 0 aliphatic heterocycles. The van der Waals surface area contributed by atoms with E-state index in [1.54, 1.807) is 47.3 Å². The van der Waals surface area contributed by atoms with Crippen LogP contribution in [0.1, 0.15) is 32.0 Å². The number of nitrogens with zero attached hydrogens (tertiary/aromatic N) is 2. The Morgan fingerprint density at radius 1 is 0.906 bits per heavy atom. The number of benzene rings is 3. The smallest absolute Gasteiger partial charge is 0.255 e. The Kier molecular flexibility index (Phi) is 6.07. The second kappa shape index (κ2) is 9.26. The van der Waals surface area contributed by atoms with Crippen LogP contribution in [-0.4, -0.2) is 21.6 Å². The normalized spacial score (nSPS) is 10.6. The van der Waals surface area contributed by atoms with Gasteiger partial charge in [-0.2, -0.15) is 5.10 Å². The molecule has 1 heterocycles. The van der Waals surface area contributed by atoms with Crippen molar-refractivity contribution in [2.24, 2.45) is 0 Å². The molecule has 4 rings (SSSR count). The van der Waals surface area contributed by atoms with Gasteiger partial charge in [0.15, 0.2) is 0 Å². The fourth-order valence-corrected chi connectivity index (χ4v) is 3.27. The van der Waals surface area contributed by atoms with E-state index in [0.29, 0.717) is 17.8 Å². The molecule has 0 saturated carbocycles. The van der Waals surface area contributed by atoms with Crippen LogP contribution in [0.2, 0.25) is 0 Å². The molecule has 3 aromatic carbocycles. The second-order valence-electron chi connectivity index (χ2n) is 7.28. The zero-order valence-corrected chi connectivity index (χ0v) is 17.4. The van der Waals surface area contributed by atoms with Crippen molar-refractivity contribution in [2.45, 2.75) is 13.5 Å². The first kappa shape index (κ1) is 21.0. The van der Waals surface area contributed by atoms with Crippen molar-refractivity contribution in [3.63, 3.8) is 0 Å². The van der Waals surface area contributed by atoms with Crippen LogP contribution in [0, 0.1) is 12.7 Å². The SMILES string of the molecule is Cc1ccnn1-c1ccc(C(=O)NCc2cccc(NC(=O)c3cccc(F)c3)c2)cc1. The molecule has 4 aromatic rings. The quantitative estimate of drug-likeness (QED) is 0.475. The lowest BCUT2D eigenvalue weighted by Crippen LogP contribution is -2.23. The topological polar surface area (TPSA) is 76.0 Å². The van der Waals surface area contributed by atoms with Crippen molar-refractivity contribution in [2.75, 3.05) is 5.32 Å². The number of nitrogens with one attached hydrogen (secondary N) is 2. The van der Waals surface area contributed by atoms with Gasteiger partial charge in [0.05, 0.1) is 5.69 Å². The Labute approximate surface area is 184 Å². The zero-order chi connectivity index (χ0) is 22.5. The van der Waals surface area contributed by atoms with Gasteiger partial charge in [0, 0.05) is 35.2 Å². The second-order valence-corrected chi connectivity index (χ2v) is 7.28. The molecule has 2 N–H and O–H groups in total. The number of amides is 2. The summed E-state index contributed by atoms with van der Waals surface area (Å²) in [6, 6.07) is 21.7. The molecule has 7 heteroatoms. The van der Waals surface area contributed by atoms with Crippen LogP contribution in [0.15, 0.2) is 85.1 Å². The first-order chi connectivity index (χ1) is 15.5. The molecule has 0 atom stereocenters. The number of hydrogen-bond acceptors (Lipinski definition) is 3. The van der Waals surface area contributed by atoms with E-state index in [4.69, 9.17) is 0 Å². The molecule has 0 aliphatic carbocycles. The van der Waals surface area contributed by atoms with Gasteiger partial charge in [-0.1, -0.05) is 18.2 Å². The van der Waals surface area contributed by atoms with Crippen molar-refractivity contribution in [3.8, 4) is 5.69 Å². The number of rotatable bonds is 6. The fourth-order valence-electron chi connectivity index (χ4n) is 3.27. The minimum atomic E-state index is -0.470. The highest BCUT2D eigenvalue weighted by Gasteiger charge is 2.09. The molecule has 2 amide bonds. The Hall–Kier alpha value is -4.26. The number of carbonyl (C=O) groups excluding carboxylic acids is 2. The van der Waals surface area contributed by atoms with E-state index in [1.807, 2.05) is 31.2 Å². The summed E-state index contributed by atoms with van der Waals surface area (Å²) in [6.07, 6.45) is 1.73. The van der Waals surface area contributed by atoms with Gasteiger partial charge in [0.2, 0.25) is 0 Å². The molecule has 1 aromatic heterocycles. The lowest BCUT2D eigenvalue weighted by molar-refractivity contribution is 0.0950. The molecule has 0 bridgehead atoms. The molecule has 0 fully saturated rings. The molecule has 0 aliphatic rings. The van der Waals surface area contributed by atoms with E-state index in [2.05, 4.69) is 15.7 Å². The number of carbonyl (C=O) groups is 2. The number of halogens is 1. The van der Waals surface area contributed by atoms with Crippen LogP contribution in [-0.2, 0) is 6.54 Å². The molecule has 0 saturated heterocycles. The van der Waals surface area contributed by atoms with Crippen LogP contribution >= 0.6 is 0 Å². The Bertz CT molecular complexity index is 1260. The molecule has 160 valence electrons. The third-order valence-corrected chi connectivity index (χ3v) is 4.93. The summed E-state index contributed by atoms with van der Waals surface area (Å²) in [6.45, 7) is 2.25. The monoisotopic (exact) mass is 428 g/mol. The van der Waals surface area contributed by atoms with Gasteiger partial charge in [-0.25, -0.2) is 9.07 Å². The molecule has 32 heavy (non-hydrogen) atoms. The van der Waals surface area contributed by atoms with Gasteiger partial charge in [-0.15, -0.1) is 0 Å². The highest BCUT2D eigenvalue weighted by Crippen LogP contribution is 2.14. The van der Waals surface area contributed by atoms with E-state index in [9.17, 15) is 14.0 Å². The predicted octanol–water partition coefficient (Wildman–Crippen LogP) is 4.50. The van der Waals surface area contributed by atoms with E-state index < -0.39 is 11.7 Å². The number of aryl methyl sites for hydroxylation is 1. The maximum Gasteiger partial charge on any atom is 0.255 e. The maximum atomic E-state index is 13.3. The summed E-state index contributed by atoms with van der Waals surface area (Å²) in [7, 11) is 0. The molecular formula is C25H21FN4O2. The fraction of sp³-hybridized carbons (Fsp3) is 0.0800.